The second-order valence-electron chi connectivity index (χ2n) is 16.3. The zero-order valence-corrected chi connectivity index (χ0v) is 34.3. The first kappa shape index (κ1) is 35.0. The predicted octanol–water partition coefficient (Wildman–Crippen LogP) is 14.9. The Morgan fingerprint density at radius 3 is 1.45 bits per heavy atom. The summed E-state index contributed by atoms with van der Waals surface area (Å²) < 4.78 is 2.42. The molecule has 0 aliphatic heterocycles. The number of rotatable bonds is 5. The molecular weight excluding hydrogens is 771 g/mol. The normalized spacial score (nSPS) is 13.0. The summed E-state index contributed by atoms with van der Waals surface area (Å²) in [6.07, 6.45) is 4.03. The van der Waals surface area contributed by atoms with Crippen LogP contribution < -0.4 is 0 Å². The van der Waals surface area contributed by atoms with Gasteiger partial charge in [-0.15, -0.1) is 11.3 Å². The number of fused-ring (bicyclic) bond motifs is 13. The van der Waals surface area contributed by atoms with Crippen molar-refractivity contribution in [1.82, 2.24) is 15.0 Å². The third-order valence-electron chi connectivity index (χ3n) is 13.0. The van der Waals surface area contributed by atoms with E-state index in [1.54, 1.807) is 11.3 Å². The standard InChI is InChI=1S/C58H35N3S/c1-3-13-37(14-4-1)52-33-53(38-15-5-2-6-16-38)61-57(60-52)39-25-23-36(24-26-39)47-34-59-35-55-56(47)46-31-40(28-30-54(46)62-55)41-27-29-45-44-19-9-12-22-50(44)58(51(45)32-41)48-20-10-7-17-42(48)43-18-8-11-21-49(43)58/h1-35H. The lowest BCUT2D eigenvalue weighted by atomic mass is 9.70. The first-order valence-corrected chi connectivity index (χ1v) is 21.9. The van der Waals surface area contributed by atoms with Crippen LogP contribution in [0.4, 0.5) is 0 Å². The van der Waals surface area contributed by atoms with Crippen LogP contribution in [0.1, 0.15) is 22.3 Å². The zero-order chi connectivity index (χ0) is 40.8. The number of nitrogens with zero attached hydrogens (tertiary/aromatic N) is 3. The molecule has 288 valence electrons. The van der Waals surface area contributed by atoms with E-state index in [1.807, 2.05) is 24.5 Å². The largest absolute Gasteiger partial charge is 0.263 e. The highest BCUT2D eigenvalue weighted by molar-refractivity contribution is 7.25. The Morgan fingerprint density at radius 1 is 0.339 bits per heavy atom. The molecule has 0 radical (unpaired) electrons. The molecule has 3 aromatic heterocycles. The maximum absolute atomic E-state index is 5.08. The lowest BCUT2D eigenvalue weighted by Crippen LogP contribution is -2.25. The minimum absolute atomic E-state index is 0.379. The number of thiophene rings is 1. The van der Waals surface area contributed by atoms with Crippen molar-refractivity contribution in [3.8, 4) is 78.4 Å². The van der Waals surface area contributed by atoms with Gasteiger partial charge in [0.2, 0.25) is 0 Å². The van der Waals surface area contributed by atoms with E-state index in [0.717, 1.165) is 39.2 Å². The monoisotopic (exact) mass is 805 g/mol. The van der Waals surface area contributed by atoms with Crippen molar-refractivity contribution < 1.29 is 0 Å². The van der Waals surface area contributed by atoms with Gasteiger partial charge in [-0.1, -0.05) is 176 Å². The Labute approximate surface area is 363 Å². The first-order chi connectivity index (χ1) is 30.7. The molecule has 2 aliphatic carbocycles. The Hall–Kier alpha value is -7.79. The van der Waals surface area contributed by atoms with Crippen LogP contribution in [0.25, 0.3) is 98.6 Å². The third kappa shape index (κ3) is 5.14. The van der Waals surface area contributed by atoms with E-state index in [-0.39, 0.29) is 5.41 Å². The van der Waals surface area contributed by atoms with E-state index in [0.29, 0.717) is 5.82 Å². The smallest absolute Gasteiger partial charge is 0.160 e. The number of hydrogen-bond acceptors (Lipinski definition) is 4. The lowest BCUT2D eigenvalue weighted by Gasteiger charge is -2.30. The van der Waals surface area contributed by atoms with E-state index in [2.05, 4.69) is 188 Å². The quantitative estimate of drug-likeness (QED) is 0.174. The van der Waals surface area contributed by atoms with E-state index < -0.39 is 0 Å². The lowest BCUT2D eigenvalue weighted by molar-refractivity contribution is 0.794. The molecule has 0 amide bonds. The summed E-state index contributed by atoms with van der Waals surface area (Å²) in [5.74, 6) is 0.697. The summed E-state index contributed by atoms with van der Waals surface area (Å²) in [7, 11) is 0. The van der Waals surface area contributed by atoms with Gasteiger partial charge in [-0.2, -0.15) is 0 Å². The van der Waals surface area contributed by atoms with Crippen LogP contribution in [-0.2, 0) is 5.41 Å². The van der Waals surface area contributed by atoms with Crippen LogP contribution in [0.5, 0.6) is 0 Å². The van der Waals surface area contributed by atoms with Crippen LogP contribution in [0, 0.1) is 0 Å². The van der Waals surface area contributed by atoms with Gasteiger partial charge in [-0.25, -0.2) is 9.97 Å². The van der Waals surface area contributed by atoms with Crippen LogP contribution in [0.15, 0.2) is 213 Å². The van der Waals surface area contributed by atoms with Crippen LogP contribution in [-0.4, -0.2) is 15.0 Å². The summed E-state index contributed by atoms with van der Waals surface area (Å²) in [4.78, 5) is 14.9. The van der Waals surface area contributed by atoms with Crippen molar-refractivity contribution in [3.05, 3.63) is 235 Å². The summed E-state index contributed by atoms with van der Waals surface area (Å²) in [5.41, 5.74) is 19.8. The first-order valence-electron chi connectivity index (χ1n) is 21.1. The maximum Gasteiger partial charge on any atom is 0.160 e. The van der Waals surface area contributed by atoms with E-state index in [9.17, 15) is 0 Å². The number of pyridine rings is 1. The number of benzene rings is 8. The molecule has 0 fully saturated rings. The molecule has 3 heterocycles. The van der Waals surface area contributed by atoms with Gasteiger partial charge >= 0.3 is 0 Å². The zero-order valence-electron chi connectivity index (χ0n) is 33.5. The molecule has 8 aromatic carbocycles. The molecule has 0 saturated heterocycles. The fraction of sp³-hybridized carbons (Fsp3) is 0.0172. The van der Waals surface area contributed by atoms with Gasteiger partial charge in [0.25, 0.3) is 0 Å². The fourth-order valence-electron chi connectivity index (χ4n) is 10.3. The molecule has 2 aliphatic rings. The van der Waals surface area contributed by atoms with Crippen LogP contribution >= 0.6 is 11.3 Å². The average molecular weight is 806 g/mol. The number of aromatic nitrogens is 3. The van der Waals surface area contributed by atoms with Gasteiger partial charge in [0.15, 0.2) is 5.82 Å². The average Bonchev–Trinajstić information content (AvgIpc) is 3.98. The maximum atomic E-state index is 5.08. The Kier molecular flexibility index (Phi) is 7.69. The van der Waals surface area contributed by atoms with Crippen molar-refractivity contribution in [2.45, 2.75) is 5.41 Å². The van der Waals surface area contributed by atoms with Crippen molar-refractivity contribution in [2.24, 2.45) is 0 Å². The van der Waals surface area contributed by atoms with Gasteiger partial charge in [-0.3, -0.25) is 4.98 Å². The molecule has 0 N–H and O–H groups in total. The van der Waals surface area contributed by atoms with Crippen molar-refractivity contribution in [3.63, 3.8) is 0 Å². The fourth-order valence-corrected chi connectivity index (χ4v) is 11.4. The predicted molar refractivity (Wildman–Crippen MR) is 256 cm³/mol. The molecule has 1 spiro atoms. The topological polar surface area (TPSA) is 38.7 Å². The Balaban J connectivity index is 0.925. The highest BCUT2D eigenvalue weighted by atomic mass is 32.1. The second-order valence-corrected chi connectivity index (χ2v) is 17.4. The third-order valence-corrected chi connectivity index (χ3v) is 14.1. The molecule has 0 saturated carbocycles. The highest BCUT2D eigenvalue weighted by Crippen LogP contribution is 2.63. The molecule has 62 heavy (non-hydrogen) atoms. The molecule has 0 bridgehead atoms. The molecular formula is C58H35N3S. The van der Waals surface area contributed by atoms with Crippen LogP contribution in [0.2, 0.25) is 0 Å². The number of hydrogen-bond donors (Lipinski definition) is 0. The van der Waals surface area contributed by atoms with Gasteiger partial charge in [0, 0.05) is 50.1 Å². The summed E-state index contributed by atoms with van der Waals surface area (Å²) in [5, 5.41) is 2.47. The van der Waals surface area contributed by atoms with Crippen LogP contribution in [0.3, 0.4) is 0 Å². The summed E-state index contributed by atoms with van der Waals surface area (Å²) in [6.45, 7) is 0. The van der Waals surface area contributed by atoms with E-state index in [1.165, 1.54) is 75.8 Å². The molecule has 0 unspecified atom stereocenters. The minimum atomic E-state index is -0.379. The Morgan fingerprint density at radius 2 is 0.839 bits per heavy atom. The van der Waals surface area contributed by atoms with Crippen molar-refractivity contribution in [1.29, 1.82) is 0 Å². The molecule has 3 nitrogen and oxygen atoms in total. The summed E-state index contributed by atoms with van der Waals surface area (Å²) >= 11 is 1.80. The molecule has 4 heteroatoms. The van der Waals surface area contributed by atoms with Gasteiger partial charge in [-0.05, 0) is 85.5 Å². The van der Waals surface area contributed by atoms with Gasteiger partial charge in [0.1, 0.15) is 0 Å². The highest BCUT2D eigenvalue weighted by Gasteiger charge is 2.51. The van der Waals surface area contributed by atoms with Gasteiger partial charge in [0.05, 0.1) is 21.5 Å². The molecule has 11 aromatic rings. The second kappa shape index (κ2) is 13.6. The van der Waals surface area contributed by atoms with Crippen molar-refractivity contribution >= 4 is 31.5 Å². The van der Waals surface area contributed by atoms with Gasteiger partial charge < -0.3 is 0 Å². The summed E-state index contributed by atoms with van der Waals surface area (Å²) in [6, 6.07) is 72.6. The molecule has 13 rings (SSSR count). The Bertz CT molecular complexity index is 3450. The van der Waals surface area contributed by atoms with E-state index >= 15 is 0 Å². The molecule has 0 atom stereocenters. The van der Waals surface area contributed by atoms with E-state index in [4.69, 9.17) is 15.0 Å². The SMILES string of the molecule is c1ccc(-c2cc(-c3ccccc3)nc(-c3ccc(-c4cncc5sc6ccc(-c7ccc8c(c7)C7(c9ccccc9-c9ccccc97)c7ccccc7-8)cc6c45)cc3)n2)cc1. The minimum Gasteiger partial charge on any atom is -0.263 e. The van der Waals surface area contributed by atoms with Crippen molar-refractivity contribution in [2.75, 3.05) is 0 Å².